The number of carbonyl (C=O) groups is 1. The van der Waals surface area contributed by atoms with Gasteiger partial charge >= 0.3 is 0 Å². The van der Waals surface area contributed by atoms with E-state index in [1.807, 2.05) is 11.0 Å². The zero-order valence-electron chi connectivity index (χ0n) is 15.9. The third kappa shape index (κ3) is 5.31. The van der Waals surface area contributed by atoms with E-state index in [9.17, 15) is 4.79 Å². The molecule has 1 aromatic carbocycles. The first-order valence-electron chi connectivity index (χ1n) is 10.4. The summed E-state index contributed by atoms with van der Waals surface area (Å²) in [5.74, 6) is 1.57. The molecule has 1 aromatic rings. The lowest BCUT2D eigenvalue weighted by molar-refractivity contribution is -0.909. The predicted molar refractivity (Wildman–Crippen MR) is 102 cm³/mol. The molecule has 3 heteroatoms. The van der Waals surface area contributed by atoms with Gasteiger partial charge in [0, 0.05) is 37.8 Å². The van der Waals surface area contributed by atoms with Gasteiger partial charge in [-0.25, -0.2) is 0 Å². The Kier molecular flexibility index (Phi) is 6.92. The van der Waals surface area contributed by atoms with Gasteiger partial charge in [0.05, 0.1) is 19.6 Å². The van der Waals surface area contributed by atoms with Gasteiger partial charge in [-0.2, -0.15) is 0 Å². The Morgan fingerprint density at radius 1 is 1.04 bits per heavy atom. The zero-order chi connectivity index (χ0) is 17.5. The zero-order valence-corrected chi connectivity index (χ0v) is 15.9. The van der Waals surface area contributed by atoms with E-state index in [4.69, 9.17) is 0 Å². The first kappa shape index (κ1) is 18.4. The van der Waals surface area contributed by atoms with Gasteiger partial charge in [-0.15, -0.1) is 0 Å². The van der Waals surface area contributed by atoms with Crippen molar-refractivity contribution in [1.82, 2.24) is 4.90 Å². The fourth-order valence-electron chi connectivity index (χ4n) is 4.68. The van der Waals surface area contributed by atoms with Crippen LogP contribution in [0.3, 0.4) is 0 Å². The van der Waals surface area contributed by atoms with Crippen LogP contribution in [0, 0.1) is 11.8 Å². The number of benzene rings is 1. The minimum absolute atomic E-state index is 0.249. The SMILES string of the molecule is CCN(Cc1ccccc1)C(=O)C1CC[NH+](CC2CCCCC2)CC1. The van der Waals surface area contributed by atoms with Crippen molar-refractivity contribution in [2.75, 3.05) is 26.2 Å². The minimum atomic E-state index is 0.249. The molecule has 0 bridgehead atoms. The summed E-state index contributed by atoms with van der Waals surface area (Å²) in [7, 11) is 0. The van der Waals surface area contributed by atoms with E-state index in [2.05, 4.69) is 31.2 Å². The number of hydrogen-bond acceptors (Lipinski definition) is 1. The third-order valence-corrected chi connectivity index (χ3v) is 6.25. The fraction of sp³-hybridized carbons (Fsp3) is 0.682. The monoisotopic (exact) mass is 343 g/mol. The second-order valence-electron chi connectivity index (χ2n) is 8.07. The lowest BCUT2D eigenvalue weighted by atomic mass is 9.87. The van der Waals surface area contributed by atoms with Crippen molar-refractivity contribution in [2.24, 2.45) is 11.8 Å². The van der Waals surface area contributed by atoms with E-state index in [1.54, 1.807) is 4.90 Å². The molecule has 1 saturated carbocycles. The number of rotatable bonds is 6. The van der Waals surface area contributed by atoms with Gasteiger partial charge < -0.3 is 9.80 Å². The number of nitrogens with zero attached hydrogens (tertiary/aromatic N) is 1. The molecule has 3 rings (SSSR count). The van der Waals surface area contributed by atoms with E-state index < -0.39 is 0 Å². The van der Waals surface area contributed by atoms with Crippen LogP contribution in [-0.4, -0.2) is 37.0 Å². The molecule has 25 heavy (non-hydrogen) atoms. The van der Waals surface area contributed by atoms with Crippen molar-refractivity contribution in [1.29, 1.82) is 0 Å². The molecule has 1 aliphatic heterocycles. The van der Waals surface area contributed by atoms with E-state index in [-0.39, 0.29) is 5.92 Å². The molecule has 0 atom stereocenters. The maximum Gasteiger partial charge on any atom is 0.226 e. The van der Waals surface area contributed by atoms with Gasteiger partial charge in [-0.3, -0.25) is 4.79 Å². The van der Waals surface area contributed by atoms with Crippen molar-refractivity contribution < 1.29 is 9.69 Å². The summed E-state index contributed by atoms with van der Waals surface area (Å²) < 4.78 is 0. The van der Waals surface area contributed by atoms with Gasteiger partial charge in [0.1, 0.15) is 0 Å². The Hall–Kier alpha value is -1.35. The number of likely N-dealkylation sites (tertiary alicyclic amines) is 1. The van der Waals surface area contributed by atoms with Crippen LogP contribution in [0.5, 0.6) is 0 Å². The van der Waals surface area contributed by atoms with Crippen LogP contribution in [0.2, 0.25) is 0 Å². The van der Waals surface area contributed by atoms with Gasteiger partial charge in [-0.1, -0.05) is 49.6 Å². The Bertz CT molecular complexity index is 516. The first-order valence-corrected chi connectivity index (χ1v) is 10.4. The molecule has 0 spiro atoms. The fourth-order valence-corrected chi connectivity index (χ4v) is 4.68. The van der Waals surface area contributed by atoms with Crippen molar-refractivity contribution in [3.8, 4) is 0 Å². The highest BCUT2D eigenvalue weighted by molar-refractivity contribution is 5.78. The Morgan fingerprint density at radius 3 is 2.36 bits per heavy atom. The second-order valence-corrected chi connectivity index (χ2v) is 8.07. The molecule has 1 saturated heterocycles. The number of amides is 1. The Balaban J connectivity index is 1.46. The van der Waals surface area contributed by atoms with Gasteiger partial charge in [-0.05, 0) is 25.3 Å². The molecular weight excluding hydrogens is 308 g/mol. The Labute approximate surface area is 153 Å². The molecule has 138 valence electrons. The average Bonchev–Trinajstić information content (AvgIpc) is 2.68. The molecule has 2 fully saturated rings. The number of carbonyl (C=O) groups excluding carboxylic acids is 1. The average molecular weight is 344 g/mol. The van der Waals surface area contributed by atoms with Crippen LogP contribution in [0.25, 0.3) is 0 Å². The normalized spacial score (nSPS) is 24.8. The van der Waals surface area contributed by atoms with Crippen LogP contribution in [0.4, 0.5) is 0 Å². The number of nitrogens with one attached hydrogen (secondary N) is 1. The molecule has 0 unspecified atom stereocenters. The molecular formula is C22H35N2O+. The van der Waals surface area contributed by atoms with Crippen molar-refractivity contribution in [2.45, 2.75) is 58.4 Å². The van der Waals surface area contributed by atoms with Gasteiger partial charge in [0.15, 0.2) is 0 Å². The van der Waals surface area contributed by atoms with Crippen LogP contribution in [0.1, 0.15) is 57.4 Å². The summed E-state index contributed by atoms with van der Waals surface area (Å²) in [6, 6.07) is 10.4. The van der Waals surface area contributed by atoms with Crippen LogP contribution in [-0.2, 0) is 11.3 Å². The lowest BCUT2D eigenvalue weighted by Gasteiger charge is -2.34. The summed E-state index contributed by atoms with van der Waals surface area (Å²) >= 11 is 0. The molecule has 1 heterocycles. The highest BCUT2D eigenvalue weighted by atomic mass is 16.2. The predicted octanol–water partition coefficient (Wildman–Crippen LogP) is 2.91. The number of hydrogen-bond donors (Lipinski definition) is 1. The first-order chi connectivity index (χ1) is 12.3. The maximum atomic E-state index is 12.9. The minimum Gasteiger partial charge on any atom is -0.338 e. The summed E-state index contributed by atoms with van der Waals surface area (Å²) in [6.45, 7) is 7.40. The summed E-state index contributed by atoms with van der Waals surface area (Å²) in [5.41, 5.74) is 1.23. The highest BCUT2D eigenvalue weighted by Crippen LogP contribution is 2.22. The molecule has 1 amide bonds. The summed E-state index contributed by atoms with van der Waals surface area (Å²) in [6.07, 6.45) is 9.34. The van der Waals surface area contributed by atoms with Crippen LogP contribution < -0.4 is 4.90 Å². The topological polar surface area (TPSA) is 24.8 Å². The number of piperidine rings is 1. The van der Waals surface area contributed by atoms with Gasteiger partial charge in [0.2, 0.25) is 5.91 Å². The lowest BCUT2D eigenvalue weighted by Crippen LogP contribution is -3.13. The van der Waals surface area contributed by atoms with E-state index in [1.165, 1.54) is 57.3 Å². The largest absolute Gasteiger partial charge is 0.338 e. The molecule has 1 aliphatic carbocycles. The number of quaternary nitrogens is 1. The van der Waals surface area contributed by atoms with E-state index in [0.29, 0.717) is 5.91 Å². The van der Waals surface area contributed by atoms with Gasteiger partial charge in [0.25, 0.3) is 0 Å². The molecule has 0 radical (unpaired) electrons. The Morgan fingerprint density at radius 2 is 1.72 bits per heavy atom. The summed E-state index contributed by atoms with van der Waals surface area (Å²) in [4.78, 5) is 16.7. The molecule has 2 aliphatic rings. The third-order valence-electron chi connectivity index (χ3n) is 6.25. The van der Waals surface area contributed by atoms with Crippen molar-refractivity contribution in [3.05, 3.63) is 35.9 Å². The smallest absolute Gasteiger partial charge is 0.226 e. The standard InChI is InChI=1S/C22H34N2O/c1-2-24(18-20-11-7-4-8-12-20)22(25)21-13-15-23(16-14-21)17-19-9-5-3-6-10-19/h4,7-8,11-12,19,21H,2-3,5-6,9-10,13-18H2,1H3/p+1. The van der Waals surface area contributed by atoms with E-state index >= 15 is 0 Å². The van der Waals surface area contributed by atoms with Crippen molar-refractivity contribution in [3.63, 3.8) is 0 Å². The second kappa shape index (κ2) is 9.38. The van der Waals surface area contributed by atoms with Crippen LogP contribution in [0.15, 0.2) is 30.3 Å². The van der Waals surface area contributed by atoms with Crippen molar-refractivity contribution >= 4 is 5.91 Å². The maximum absolute atomic E-state index is 12.9. The molecule has 1 N–H and O–H groups in total. The highest BCUT2D eigenvalue weighted by Gasteiger charge is 2.31. The molecule has 0 aromatic heterocycles. The van der Waals surface area contributed by atoms with Crippen LogP contribution >= 0.6 is 0 Å². The summed E-state index contributed by atoms with van der Waals surface area (Å²) in [5, 5.41) is 0. The van der Waals surface area contributed by atoms with E-state index in [0.717, 1.165) is 31.8 Å². The quantitative estimate of drug-likeness (QED) is 0.844. The molecule has 3 nitrogen and oxygen atoms in total.